The van der Waals surface area contributed by atoms with Crippen LogP contribution in [0.4, 0.5) is 4.39 Å². The molecule has 0 spiro atoms. The van der Waals surface area contributed by atoms with Crippen LogP contribution in [0.15, 0.2) is 78.0 Å². The predicted molar refractivity (Wildman–Crippen MR) is 125 cm³/mol. The average molecular weight is 433 g/mol. The lowest BCUT2D eigenvalue weighted by atomic mass is 9.81. The quantitative estimate of drug-likeness (QED) is 0.331. The van der Waals surface area contributed by atoms with Crippen molar-refractivity contribution in [2.75, 3.05) is 20.6 Å². The minimum Gasteiger partial charge on any atom is -0.391 e. The van der Waals surface area contributed by atoms with E-state index in [9.17, 15) is 4.39 Å². The SMILES string of the molecule is CN(C)CCCC1(c2ccc(F)cc2)OCc2cc(C=NOCc3ccccc3)ccc21. The van der Waals surface area contributed by atoms with Gasteiger partial charge in [-0.15, -0.1) is 0 Å². The van der Waals surface area contributed by atoms with Crippen molar-refractivity contribution in [3.8, 4) is 0 Å². The molecule has 0 saturated carbocycles. The Morgan fingerprint density at radius 3 is 2.59 bits per heavy atom. The number of hydrogen-bond donors (Lipinski definition) is 0. The third-order valence-electron chi connectivity index (χ3n) is 5.83. The minimum absolute atomic E-state index is 0.238. The summed E-state index contributed by atoms with van der Waals surface area (Å²) < 4.78 is 20.0. The number of ether oxygens (including phenoxy) is 1. The maximum Gasteiger partial charge on any atom is 0.142 e. The summed E-state index contributed by atoms with van der Waals surface area (Å²) in [6.07, 6.45) is 3.53. The zero-order valence-corrected chi connectivity index (χ0v) is 18.6. The Labute approximate surface area is 189 Å². The minimum atomic E-state index is -0.557. The number of halogens is 1. The molecule has 0 radical (unpaired) electrons. The van der Waals surface area contributed by atoms with Crippen molar-refractivity contribution in [2.45, 2.75) is 31.7 Å². The highest BCUT2D eigenvalue weighted by atomic mass is 19.1. The van der Waals surface area contributed by atoms with E-state index in [1.54, 1.807) is 6.21 Å². The Kier molecular flexibility index (Phi) is 6.98. The molecule has 5 heteroatoms. The second kappa shape index (κ2) is 10.1. The molecule has 32 heavy (non-hydrogen) atoms. The summed E-state index contributed by atoms with van der Waals surface area (Å²) in [5.74, 6) is -0.238. The van der Waals surface area contributed by atoms with Gasteiger partial charge < -0.3 is 14.5 Å². The molecular weight excluding hydrogens is 403 g/mol. The second-order valence-electron chi connectivity index (χ2n) is 8.44. The van der Waals surface area contributed by atoms with Crippen molar-refractivity contribution < 1.29 is 14.0 Å². The second-order valence-corrected chi connectivity index (χ2v) is 8.44. The van der Waals surface area contributed by atoms with Gasteiger partial charge in [0, 0.05) is 0 Å². The van der Waals surface area contributed by atoms with E-state index < -0.39 is 5.60 Å². The Morgan fingerprint density at radius 2 is 1.84 bits per heavy atom. The summed E-state index contributed by atoms with van der Waals surface area (Å²) in [6.45, 7) is 1.91. The molecule has 4 rings (SSSR count). The van der Waals surface area contributed by atoms with Crippen molar-refractivity contribution in [2.24, 2.45) is 5.16 Å². The lowest BCUT2D eigenvalue weighted by molar-refractivity contribution is -0.0140. The van der Waals surface area contributed by atoms with Crippen molar-refractivity contribution in [1.29, 1.82) is 0 Å². The number of oxime groups is 1. The Hall–Kier alpha value is -3.02. The number of rotatable bonds is 9. The molecule has 0 aliphatic carbocycles. The van der Waals surface area contributed by atoms with E-state index in [4.69, 9.17) is 9.57 Å². The number of nitrogens with zero attached hydrogens (tertiary/aromatic N) is 2. The zero-order chi connectivity index (χ0) is 22.4. The van der Waals surface area contributed by atoms with Gasteiger partial charge in [-0.05, 0) is 79.5 Å². The van der Waals surface area contributed by atoms with Gasteiger partial charge in [-0.2, -0.15) is 0 Å². The van der Waals surface area contributed by atoms with E-state index in [0.29, 0.717) is 13.2 Å². The molecule has 0 N–H and O–H groups in total. The molecule has 1 heterocycles. The lowest BCUT2D eigenvalue weighted by Crippen LogP contribution is -2.28. The van der Waals surface area contributed by atoms with Gasteiger partial charge in [0.2, 0.25) is 0 Å². The van der Waals surface area contributed by atoms with E-state index in [0.717, 1.165) is 47.2 Å². The molecule has 0 aromatic heterocycles. The fourth-order valence-electron chi connectivity index (χ4n) is 4.22. The topological polar surface area (TPSA) is 34.1 Å². The third-order valence-corrected chi connectivity index (χ3v) is 5.83. The monoisotopic (exact) mass is 432 g/mol. The summed E-state index contributed by atoms with van der Waals surface area (Å²) in [7, 11) is 4.14. The van der Waals surface area contributed by atoms with Crippen LogP contribution in [0.1, 0.15) is 40.7 Å². The molecular formula is C27H29FN2O2. The molecule has 3 aromatic rings. The molecule has 3 aromatic carbocycles. The molecule has 1 aliphatic rings. The van der Waals surface area contributed by atoms with E-state index >= 15 is 0 Å². The van der Waals surface area contributed by atoms with Gasteiger partial charge in [-0.1, -0.05) is 59.8 Å². The predicted octanol–water partition coefficient (Wildman–Crippen LogP) is 5.49. The zero-order valence-electron chi connectivity index (χ0n) is 18.6. The molecule has 0 saturated heterocycles. The van der Waals surface area contributed by atoms with Crippen LogP contribution in [0.2, 0.25) is 0 Å². The molecule has 1 aliphatic heterocycles. The molecule has 1 unspecified atom stereocenters. The van der Waals surface area contributed by atoms with Crippen molar-refractivity contribution in [3.63, 3.8) is 0 Å². The van der Waals surface area contributed by atoms with Gasteiger partial charge in [0.05, 0.1) is 12.8 Å². The normalized spacial score (nSPS) is 17.8. The molecule has 4 nitrogen and oxygen atoms in total. The first-order valence-electron chi connectivity index (χ1n) is 10.9. The first-order chi connectivity index (χ1) is 15.6. The van der Waals surface area contributed by atoms with Crippen LogP contribution in [0.25, 0.3) is 0 Å². The molecule has 1 atom stereocenters. The summed E-state index contributed by atoms with van der Waals surface area (Å²) in [5.41, 5.74) is 4.75. The van der Waals surface area contributed by atoms with Crippen LogP contribution in [-0.4, -0.2) is 31.8 Å². The van der Waals surface area contributed by atoms with Gasteiger partial charge in [-0.25, -0.2) is 4.39 Å². The number of fused-ring (bicyclic) bond motifs is 1. The van der Waals surface area contributed by atoms with Gasteiger partial charge in [-0.3, -0.25) is 0 Å². The Morgan fingerprint density at radius 1 is 1.06 bits per heavy atom. The molecule has 0 fully saturated rings. The van der Waals surface area contributed by atoms with Gasteiger partial charge in [0.15, 0.2) is 0 Å². The van der Waals surface area contributed by atoms with E-state index in [1.807, 2.05) is 48.5 Å². The summed E-state index contributed by atoms with van der Waals surface area (Å²) in [6, 6.07) is 22.9. The van der Waals surface area contributed by atoms with Crippen molar-refractivity contribution >= 4 is 6.21 Å². The lowest BCUT2D eigenvalue weighted by Gasteiger charge is -2.31. The largest absolute Gasteiger partial charge is 0.391 e. The van der Waals surface area contributed by atoms with Crippen LogP contribution in [0.3, 0.4) is 0 Å². The standard InChI is InChI=1S/C27H29FN2O2/c1-30(2)16-6-15-27(24-10-12-25(28)13-11-24)26-14-9-22(17-23(26)20-31-27)18-29-32-19-21-7-4-3-5-8-21/h3-5,7-14,17-18H,6,15-16,19-20H2,1-2H3. The Balaban J connectivity index is 1.53. The van der Waals surface area contributed by atoms with E-state index in [2.05, 4.69) is 36.3 Å². The average Bonchev–Trinajstić information content (AvgIpc) is 3.16. The fraction of sp³-hybridized carbons (Fsp3) is 0.296. The van der Waals surface area contributed by atoms with Crippen molar-refractivity contribution in [1.82, 2.24) is 4.90 Å². The van der Waals surface area contributed by atoms with E-state index in [1.165, 1.54) is 12.1 Å². The van der Waals surface area contributed by atoms with Crippen molar-refractivity contribution in [3.05, 3.63) is 106 Å². The van der Waals surface area contributed by atoms with Crippen LogP contribution >= 0.6 is 0 Å². The summed E-state index contributed by atoms with van der Waals surface area (Å²) in [5, 5.41) is 4.12. The van der Waals surface area contributed by atoms with Crippen LogP contribution < -0.4 is 0 Å². The number of benzene rings is 3. The number of hydrogen-bond acceptors (Lipinski definition) is 4. The van der Waals surface area contributed by atoms with Gasteiger partial charge >= 0.3 is 0 Å². The fourth-order valence-corrected chi connectivity index (χ4v) is 4.22. The highest BCUT2D eigenvalue weighted by Gasteiger charge is 2.41. The summed E-state index contributed by atoms with van der Waals surface area (Å²) in [4.78, 5) is 7.61. The summed E-state index contributed by atoms with van der Waals surface area (Å²) >= 11 is 0. The third kappa shape index (κ3) is 5.06. The molecule has 166 valence electrons. The maximum absolute atomic E-state index is 13.6. The smallest absolute Gasteiger partial charge is 0.142 e. The first-order valence-corrected chi connectivity index (χ1v) is 10.9. The highest BCUT2D eigenvalue weighted by Crippen LogP contribution is 2.45. The van der Waals surface area contributed by atoms with E-state index in [-0.39, 0.29) is 5.82 Å². The Bertz CT molecular complexity index is 1050. The van der Waals surface area contributed by atoms with Gasteiger partial charge in [0.25, 0.3) is 0 Å². The highest BCUT2D eigenvalue weighted by molar-refractivity contribution is 5.79. The van der Waals surface area contributed by atoms with Crippen LogP contribution in [0, 0.1) is 5.82 Å². The molecule has 0 bridgehead atoms. The van der Waals surface area contributed by atoms with Crippen LogP contribution in [-0.2, 0) is 28.4 Å². The first kappa shape index (κ1) is 22.2. The van der Waals surface area contributed by atoms with Crippen LogP contribution in [0.5, 0.6) is 0 Å². The van der Waals surface area contributed by atoms with Gasteiger partial charge in [0.1, 0.15) is 18.0 Å². The molecule has 0 amide bonds. The maximum atomic E-state index is 13.6.